The molecule has 1 heterocycles. The van der Waals surface area contributed by atoms with Crippen molar-refractivity contribution < 1.29 is 35.3 Å². The highest BCUT2D eigenvalue weighted by atomic mass is 127. The zero-order valence-corrected chi connectivity index (χ0v) is 14.4. The number of carbonyl (C=O) groups is 1. The highest BCUT2D eigenvalue weighted by molar-refractivity contribution is 14.1. The van der Waals surface area contributed by atoms with E-state index in [1.807, 2.05) is 22.6 Å². The van der Waals surface area contributed by atoms with Crippen LogP contribution in [0.2, 0.25) is 0 Å². The molecule has 0 bridgehead atoms. The molecule has 0 amide bonds. The average molecular weight is 463 g/mol. The number of hydrogen-bond acceptors (Lipinski definition) is 5. The maximum absolute atomic E-state index is 12.5. The van der Waals surface area contributed by atoms with Crippen molar-refractivity contribution in [1.82, 2.24) is 4.57 Å². The molecule has 1 aromatic heterocycles. The summed E-state index contributed by atoms with van der Waals surface area (Å²) in [5, 5.41) is 0.331. The monoisotopic (exact) mass is 463 g/mol. The Bertz CT molecular complexity index is 859. The molecule has 126 valence electrons. The summed E-state index contributed by atoms with van der Waals surface area (Å²) < 4.78 is 70.0. The Labute approximate surface area is 142 Å². The number of fused-ring (bicyclic) bond motifs is 1. The van der Waals surface area contributed by atoms with Crippen molar-refractivity contribution in [3.8, 4) is 5.88 Å². The van der Waals surface area contributed by atoms with E-state index in [0.29, 0.717) is 9.95 Å². The fourth-order valence-electron chi connectivity index (χ4n) is 1.76. The van der Waals surface area contributed by atoms with Gasteiger partial charge in [0.05, 0.1) is 12.1 Å². The molecule has 6 nitrogen and oxygen atoms in total. The smallest absolute Gasteiger partial charge is 0.449 e. The minimum absolute atomic E-state index is 0.0473. The van der Waals surface area contributed by atoms with Crippen LogP contribution in [0, 0.1) is 3.57 Å². The van der Waals surface area contributed by atoms with E-state index in [2.05, 4.69) is 4.18 Å². The van der Waals surface area contributed by atoms with Crippen molar-refractivity contribution in [3.05, 3.63) is 27.8 Å². The predicted octanol–water partition coefficient (Wildman–Crippen LogP) is 3.48. The second-order valence-corrected chi connectivity index (χ2v) is 6.99. The zero-order valence-electron chi connectivity index (χ0n) is 11.4. The first-order valence-electron chi connectivity index (χ1n) is 6.05. The Hall–Kier alpha value is -1.50. The van der Waals surface area contributed by atoms with Gasteiger partial charge in [0.15, 0.2) is 0 Å². The first kappa shape index (κ1) is 17.8. The highest BCUT2D eigenvalue weighted by Gasteiger charge is 2.49. The van der Waals surface area contributed by atoms with Crippen molar-refractivity contribution in [3.63, 3.8) is 0 Å². The van der Waals surface area contributed by atoms with Crippen LogP contribution in [0.25, 0.3) is 10.9 Å². The fourth-order valence-corrected chi connectivity index (χ4v) is 2.72. The van der Waals surface area contributed by atoms with Crippen LogP contribution in [0.4, 0.5) is 18.0 Å². The Kier molecular flexibility index (Phi) is 4.80. The van der Waals surface area contributed by atoms with Crippen LogP contribution < -0.4 is 4.18 Å². The third-order valence-electron chi connectivity index (χ3n) is 2.66. The standard InChI is InChI=1S/C12H9F3INO5S/c1-2-21-11(18)17-9-4-3-8(16)5-7(9)6-10(17)22-23(19,20)12(13,14)15/h3-6H,2H2,1H3. The van der Waals surface area contributed by atoms with Gasteiger partial charge in [0, 0.05) is 15.0 Å². The van der Waals surface area contributed by atoms with Crippen molar-refractivity contribution in [1.29, 1.82) is 0 Å². The summed E-state index contributed by atoms with van der Waals surface area (Å²) in [5.74, 6) is -0.794. The summed E-state index contributed by atoms with van der Waals surface area (Å²) in [6.45, 7) is 1.45. The summed E-state index contributed by atoms with van der Waals surface area (Å²) in [4.78, 5) is 11.9. The summed E-state index contributed by atoms with van der Waals surface area (Å²) in [6.07, 6.45) is -1.05. The number of hydrogen-bond donors (Lipinski definition) is 0. The van der Waals surface area contributed by atoms with Crippen LogP contribution in [-0.2, 0) is 14.9 Å². The number of ether oxygens (including phenoxy) is 1. The molecule has 0 spiro atoms. The Morgan fingerprint density at radius 2 is 1.96 bits per heavy atom. The molecule has 2 aromatic rings. The summed E-state index contributed by atoms with van der Waals surface area (Å²) in [7, 11) is -5.91. The largest absolute Gasteiger partial charge is 0.534 e. The lowest BCUT2D eigenvalue weighted by Gasteiger charge is -2.11. The van der Waals surface area contributed by atoms with E-state index in [1.165, 1.54) is 13.0 Å². The minimum atomic E-state index is -5.91. The van der Waals surface area contributed by atoms with Gasteiger partial charge < -0.3 is 8.92 Å². The third kappa shape index (κ3) is 3.54. The number of rotatable bonds is 3. The number of halogens is 4. The molecule has 0 fully saturated rings. The summed E-state index contributed by atoms with van der Waals surface area (Å²) in [5.41, 5.74) is -5.45. The Balaban J connectivity index is 2.63. The van der Waals surface area contributed by atoms with Gasteiger partial charge in [-0.05, 0) is 47.7 Å². The molecule has 2 rings (SSSR count). The van der Waals surface area contributed by atoms with E-state index >= 15 is 0 Å². The molecule has 0 aliphatic carbocycles. The van der Waals surface area contributed by atoms with E-state index in [0.717, 1.165) is 9.64 Å². The average Bonchev–Trinajstić information content (AvgIpc) is 2.73. The first-order chi connectivity index (χ1) is 10.6. The van der Waals surface area contributed by atoms with Gasteiger partial charge in [0.2, 0.25) is 5.88 Å². The second kappa shape index (κ2) is 6.19. The van der Waals surface area contributed by atoms with Crippen molar-refractivity contribution >= 4 is 49.7 Å². The van der Waals surface area contributed by atoms with E-state index in [-0.39, 0.29) is 12.1 Å². The lowest BCUT2D eigenvalue weighted by molar-refractivity contribution is -0.0502. The topological polar surface area (TPSA) is 74.6 Å². The molecule has 23 heavy (non-hydrogen) atoms. The molecular formula is C12H9F3INO5S. The van der Waals surface area contributed by atoms with Gasteiger partial charge in [0.25, 0.3) is 0 Å². The van der Waals surface area contributed by atoms with E-state index < -0.39 is 27.6 Å². The molecule has 0 N–H and O–H groups in total. The van der Waals surface area contributed by atoms with Crippen LogP contribution in [0.5, 0.6) is 5.88 Å². The van der Waals surface area contributed by atoms with Crippen LogP contribution in [0.3, 0.4) is 0 Å². The second-order valence-electron chi connectivity index (χ2n) is 4.20. The van der Waals surface area contributed by atoms with E-state index in [9.17, 15) is 26.4 Å². The normalized spacial score (nSPS) is 12.4. The molecule has 0 saturated heterocycles. The van der Waals surface area contributed by atoms with Gasteiger partial charge in [-0.15, -0.1) is 0 Å². The molecule has 0 aliphatic rings. The molecule has 0 saturated carbocycles. The lowest BCUT2D eigenvalue weighted by atomic mass is 10.2. The lowest BCUT2D eigenvalue weighted by Crippen LogP contribution is -2.29. The molecule has 1 aromatic carbocycles. The minimum Gasteiger partial charge on any atom is -0.449 e. The maximum atomic E-state index is 12.5. The number of benzene rings is 1. The fraction of sp³-hybridized carbons (Fsp3) is 0.250. The van der Waals surface area contributed by atoms with Gasteiger partial charge in [-0.2, -0.15) is 21.6 Å². The molecule has 0 unspecified atom stereocenters. The Morgan fingerprint density at radius 1 is 1.30 bits per heavy atom. The van der Waals surface area contributed by atoms with Crippen molar-refractivity contribution in [2.24, 2.45) is 0 Å². The maximum Gasteiger partial charge on any atom is 0.534 e. The van der Waals surface area contributed by atoms with Gasteiger partial charge in [-0.3, -0.25) is 0 Å². The van der Waals surface area contributed by atoms with Crippen molar-refractivity contribution in [2.45, 2.75) is 12.4 Å². The van der Waals surface area contributed by atoms with Crippen LogP contribution in [0.15, 0.2) is 24.3 Å². The van der Waals surface area contributed by atoms with Crippen LogP contribution in [-0.4, -0.2) is 31.2 Å². The number of aromatic nitrogens is 1. The zero-order chi connectivity index (χ0) is 17.4. The van der Waals surface area contributed by atoms with E-state index in [1.54, 1.807) is 12.1 Å². The summed E-state index contributed by atoms with van der Waals surface area (Å²) >= 11 is 1.96. The number of alkyl halides is 3. The van der Waals surface area contributed by atoms with Gasteiger partial charge in [0.1, 0.15) is 0 Å². The van der Waals surface area contributed by atoms with Crippen molar-refractivity contribution in [2.75, 3.05) is 6.61 Å². The number of nitrogens with zero attached hydrogens (tertiary/aromatic N) is 1. The van der Waals surface area contributed by atoms with E-state index in [4.69, 9.17) is 4.74 Å². The van der Waals surface area contributed by atoms with Gasteiger partial charge in [-0.25, -0.2) is 9.36 Å². The highest BCUT2D eigenvalue weighted by Crippen LogP contribution is 2.32. The molecule has 0 radical (unpaired) electrons. The predicted molar refractivity (Wildman–Crippen MR) is 82.7 cm³/mol. The summed E-state index contributed by atoms with van der Waals surface area (Å²) in [6, 6.07) is 5.62. The molecule has 11 heteroatoms. The third-order valence-corrected chi connectivity index (χ3v) is 4.29. The van der Waals surface area contributed by atoms with Crippen LogP contribution in [0.1, 0.15) is 6.92 Å². The molecular weight excluding hydrogens is 454 g/mol. The quantitative estimate of drug-likeness (QED) is 0.396. The first-order valence-corrected chi connectivity index (χ1v) is 8.54. The van der Waals surface area contributed by atoms with Gasteiger partial charge in [-0.1, -0.05) is 0 Å². The molecule has 0 aliphatic heterocycles. The SMILES string of the molecule is CCOC(=O)n1c(OS(=O)(=O)C(F)(F)F)cc2cc(I)ccc21. The Morgan fingerprint density at radius 3 is 2.52 bits per heavy atom. The number of carbonyl (C=O) groups excluding carboxylic acids is 1. The van der Waals surface area contributed by atoms with Crippen LogP contribution >= 0.6 is 22.6 Å². The molecule has 0 atom stereocenters. The van der Waals surface area contributed by atoms with Gasteiger partial charge >= 0.3 is 21.7 Å².